The minimum absolute atomic E-state index is 0.0873. The number of hydrogen-bond acceptors (Lipinski definition) is 3. The largest absolute Gasteiger partial charge is 0.311 e. The molecule has 0 amide bonds. The Labute approximate surface area is 348 Å². The fraction of sp³-hybridized carbons (Fsp3) is 0.222. The Morgan fingerprint density at radius 2 is 0.948 bits per heavy atom. The molecule has 0 unspecified atom stereocenters. The van der Waals surface area contributed by atoms with Crippen LogP contribution in [0.3, 0.4) is 0 Å². The zero-order valence-electron chi connectivity index (χ0n) is 35.0. The van der Waals surface area contributed by atoms with E-state index in [1.807, 2.05) is 11.3 Å². The fourth-order valence-corrected chi connectivity index (χ4v) is 10.6. The van der Waals surface area contributed by atoms with Crippen LogP contribution in [-0.4, -0.2) is 6.71 Å². The van der Waals surface area contributed by atoms with Crippen molar-refractivity contribution in [2.75, 3.05) is 9.80 Å². The second kappa shape index (κ2) is 14.1. The maximum Gasteiger partial charge on any atom is 0.252 e. The van der Waals surface area contributed by atoms with E-state index in [0.29, 0.717) is 23.7 Å². The lowest BCUT2D eigenvalue weighted by atomic mass is 9.33. The van der Waals surface area contributed by atoms with Crippen LogP contribution in [0.15, 0.2) is 140 Å². The SMILES string of the molecule is CC(C)c1ccc(N2c3ccc(C(C)C)cc3B3c4cc(C(C)C)ccc4N(c4ccc(C(C)C)cc4-c4ccc5c(c4)sc4ccccc45)c4cccc2c43)cc1. The van der Waals surface area contributed by atoms with E-state index in [1.54, 1.807) is 0 Å². The van der Waals surface area contributed by atoms with Crippen LogP contribution in [0, 0.1) is 0 Å². The first kappa shape index (κ1) is 36.7. The van der Waals surface area contributed by atoms with Crippen molar-refractivity contribution in [3.05, 3.63) is 162 Å². The second-order valence-corrected chi connectivity index (χ2v) is 18.8. The van der Waals surface area contributed by atoms with Crippen LogP contribution in [0.2, 0.25) is 0 Å². The van der Waals surface area contributed by atoms with Crippen molar-refractivity contribution < 1.29 is 0 Å². The molecule has 2 aliphatic rings. The zero-order valence-corrected chi connectivity index (χ0v) is 35.8. The van der Waals surface area contributed by atoms with Gasteiger partial charge in [0.15, 0.2) is 0 Å². The highest BCUT2D eigenvalue weighted by atomic mass is 32.1. The predicted octanol–water partition coefficient (Wildman–Crippen LogP) is 14.3. The molecule has 0 saturated heterocycles. The molecule has 58 heavy (non-hydrogen) atoms. The van der Waals surface area contributed by atoms with E-state index in [2.05, 4.69) is 205 Å². The van der Waals surface area contributed by atoms with Crippen LogP contribution in [0.1, 0.15) is 101 Å². The molecule has 0 spiro atoms. The number of nitrogens with zero attached hydrogens (tertiary/aromatic N) is 2. The maximum atomic E-state index is 2.60. The Bertz CT molecular complexity index is 2880. The third-order valence-electron chi connectivity index (χ3n) is 12.8. The number of thiophene rings is 1. The summed E-state index contributed by atoms with van der Waals surface area (Å²) < 4.78 is 2.66. The summed E-state index contributed by atoms with van der Waals surface area (Å²) in [5.74, 6) is 1.70. The summed E-state index contributed by atoms with van der Waals surface area (Å²) in [4.78, 5) is 5.13. The summed E-state index contributed by atoms with van der Waals surface area (Å²) >= 11 is 1.89. The van der Waals surface area contributed by atoms with E-state index in [-0.39, 0.29) is 6.71 Å². The van der Waals surface area contributed by atoms with Crippen LogP contribution in [0.25, 0.3) is 31.3 Å². The lowest BCUT2D eigenvalue weighted by molar-refractivity contribution is 0.866. The van der Waals surface area contributed by atoms with Gasteiger partial charge in [-0.1, -0.05) is 134 Å². The molecule has 0 N–H and O–H groups in total. The van der Waals surface area contributed by atoms with Crippen molar-refractivity contribution in [2.45, 2.75) is 79.1 Å². The van der Waals surface area contributed by atoms with Gasteiger partial charge >= 0.3 is 0 Å². The van der Waals surface area contributed by atoms with Gasteiger partial charge in [0.25, 0.3) is 6.71 Å². The average Bonchev–Trinajstić information content (AvgIpc) is 3.61. The van der Waals surface area contributed by atoms with Gasteiger partial charge in [-0.25, -0.2) is 0 Å². The Kier molecular flexibility index (Phi) is 8.91. The lowest BCUT2D eigenvalue weighted by Crippen LogP contribution is -2.61. The van der Waals surface area contributed by atoms with Gasteiger partial charge in [0, 0.05) is 54.2 Å². The van der Waals surface area contributed by atoms with Crippen molar-refractivity contribution >= 4 is 88.7 Å². The van der Waals surface area contributed by atoms with Gasteiger partial charge in [-0.05, 0) is 129 Å². The van der Waals surface area contributed by atoms with E-state index in [1.165, 1.54) is 104 Å². The van der Waals surface area contributed by atoms with Crippen LogP contribution >= 0.6 is 11.3 Å². The van der Waals surface area contributed by atoms with Crippen molar-refractivity contribution in [3.8, 4) is 11.1 Å². The number of fused-ring (bicyclic) bond motifs is 7. The van der Waals surface area contributed by atoms with Gasteiger partial charge in [-0.2, -0.15) is 0 Å². The number of hydrogen-bond donors (Lipinski definition) is 0. The topological polar surface area (TPSA) is 6.48 Å². The van der Waals surface area contributed by atoms with Crippen molar-refractivity contribution in [1.29, 1.82) is 0 Å². The Balaban J connectivity index is 1.26. The minimum Gasteiger partial charge on any atom is -0.311 e. The first-order valence-electron chi connectivity index (χ1n) is 21.2. The number of benzene rings is 7. The van der Waals surface area contributed by atoms with Crippen LogP contribution in [-0.2, 0) is 0 Å². The van der Waals surface area contributed by atoms with E-state index < -0.39 is 0 Å². The van der Waals surface area contributed by atoms with E-state index >= 15 is 0 Å². The van der Waals surface area contributed by atoms with Gasteiger partial charge < -0.3 is 9.80 Å². The molecule has 0 bridgehead atoms. The molecule has 0 aliphatic carbocycles. The molecule has 0 saturated carbocycles. The highest BCUT2D eigenvalue weighted by molar-refractivity contribution is 7.25. The standard InChI is InChI=1S/C54H51BN2S/c1-32(2)36-16-22-41(23-17-36)56-48-26-20-38(34(5)6)29-45(48)55-46-30-39(35(7)8)21-27-49(46)57(51-14-11-13-50(56)54(51)55)47-25-19-37(33(3)4)28-44(47)40-18-24-43-42-12-9-10-15-52(42)58-53(43)31-40/h9-35H,1-8H3. The predicted molar refractivity (Wildman–Crippen MR) is 255 cm³/mol. The van der Waals surface area contributed by atoms with E-state index in [9.17, 15) is 0 Å². The number of anilines is 6. The van der Waals surface area contributed by atoms with Crippen LogP contribution < -0.4 is 26.2 Å². The summed E-state index contributed by atoms with van der Waals surface area (Å²) in [6.07, 6.45) is 0. The summed E-state index contributed by atoms with van der Waals surface area (Å²) in [6, 6.07) is 54.0. The summed E-state index contributed by atoms with van der Waals surface area (Å²) in [5.41, 5.74) is 19.5. The molecular weight excluding hydrogens is 719 g/mol. The van der Waals surface area contributed by atoms with Crippen molar-refractivity contribution in [3.63, 3.8) is 0 Å². The Hall–Kier alpha value is -5.58. The highest BCUT2D eigenvalue weighted by Crippen LogP contribution is 2.48. The molecule has 0 radical (unpaired) electrons. The second-order valence-electron chi connectivity index (χ2n) is 17.7. The molecule has 10 rings (SSSR count). The quantitative estimate of drug-likeness (QED) is 0.149. The van der Waals surface area contributed by atoms with Gasteiger partial charge in [-0.15, -0.1) is 11.3 Å². The third kappa shape index (κ3) is 5.82. The molecule has 8 aromatic rings. The molecule has 2 aliphatic heterocycles. The third-order valence-corrected chi connectivity index (χ3v) is 13.9. The van der Waals surface area contributed by atoms with Crippen LogP contribution in [0.4, 0.5) is 34.1 Å². The minimum atomic E-state index is 0.0873. The monoisotopic (exact) mass is 770 g/mol. The molecule has 4 heteroatoms. The van der Waals surface area contributed by atoms with Gasteiger partial charge in [0.05, 0.1) is 5.69 Å². The maximum absolute atomic E-state index is 2.60. The average molecular weight is 771 g/mol. The molecule has 1 aromatic heterocycles. The molecule has 2 nitrogen and oxygen atoms in total. The Morgan fingerprint density at radius 1 is 0.414 bits per heavy atom. The molecule has 3 heterocycles. The normalized spacial score (nSPS) is 13.3. The molecular formula is C54H51BN2S. The smallest absolute Gasteiger partial charge is 0.252 e. The summed E-state index contributed by atoms with van der Waals surface area (Å²) in [6.45, 7) is 18.5. The van der Waals surface area contributed by atoms with Crippen LogP contribution in [0.5, 0.6) is 0 Å². The molecule has 0 atom stereocenters. The van der Waals surface area contributed by atoms with Gasteiger partial charge in [0.2, 0.25) is 0 Å². The first-order valence-corrected chi connectivity index (χ1v) is 22.1. The van der Waals surface area contributed by atoms with E-state index in [4.69, 9.17) is 0 Å². The lowest BCUT2D eigenvalue weighted by Gasteiger charge is -2.45. The van der Waals surface area contributed by atoms with Crippen molar-refractivity contribution in [1.82, 2.24) is 0 Å². The fourth-order valence-electron chi connectivity index (χ4n) is 9.48. The highest BCUT2D eigenvalue weighted by Gasteiger charge is 2.44. The Morgan fingerprint density at radius 3 is 1.59 bits per heavy atom. The van der Waals surface area contributed by atoms with Gasteiger partial charge in [-0.3, -0.25) is 0 Å². The molecule has 286 valence electrons. The van der Waals surface area contributed by atoms with Gasteiger partial charge in [0.1, 0.15) is 0 Å². The zero-order chi connectivity index (χ0) is 40.0. The first-order chi connectivity index (χ1) is 28.1. The number of rotatable bonds is 7. The van der Waals surface area contributed by atoms with Crippen molar-refractivity contribution in [2.24, 2.45) is 0 Å². The molecule has 7 aromatic carbocycles. The summed E-state index contributed by atoms with van der Waals surface area (Å²) in [5, 5.41) is 2.67. The van der Waals surface area contributed by atoms with E-state index in [0.717, 1.165) is 0 Å². The summed E-state index contributed by atoms with van der Waals surface area (Å²) in [7, 11) is 0. The molecule has 0 fully saturated rings.